The second-order valence-corrected chi connectivity index (χ2v) is 5.40. The van der Waals surface area contributed by atoms with E-state index in [1.807, 2.05) is 13.1 Å². The molecule has 1 aromatic rings. The van der Waals surface area contributed by atoms with Crippen LogP contribution in [0.1, 0.15) is 31.3 Å². The third kappa shape index (κ3) is 4.06. The monoisotopic (exact) mass is 235 g/mol. The highest BCUT2D eigenvalue weighted by molar-refractivity contribution is 5.92. The van der Waals surface area contributed by atoms with Crippen molar-refractivity contribution in [2.45, 2.75) is 20.8 Å². The molecule has 0 unspecified atom stereocenters. The van der Waals surface area contributed by atoms with Crippen molar-refractivity contribution in [3.8, 4) is 0 Å². The summed E-state index contributed by atoms with van der Waals surface area (Å²) in [5.74, 6) is -0.0444. The maximum absolute atomic E-state index is 12.1. The van der Waals surface area contributed by atoms with Gasteiger partial charge in [-0.3, -0.25) is 9.78 Å². The number of amides is 1. The number of hydrogen-bond donors (Lipinski definition) is 1. The minimum atomic E-state index is -0.0444. The lowest BCUT2D eigenvalue weighted by atomic mass is 9.96. The number of hydrogen-bond acceptors (Lipinski definition) is 3. The largest absolute Gasteiger partial charge is 0.388 e. The zero-order valence-electron chi connectivity index (χ0n) is 11.2. The standard InChI is InChI=1S/C13H21N3O/c1-13(2,3)9-16(5)12(17)11-8-10(14-4)6-7-15-11/h6-8H,9H2,1-5H3,(H,14,15). The molecule has 0 saturated heterocycles. The zero-order chi connectivity index (χ0) is 13.1. The van der Waals surface area contributed by atoms with Crippen LogP contribution in [0.4, 0.5) is 5.69 Å². The molecule has 4 heteroatoms. The van der Waals surface area contributed by atoms with E-state index in [1.54, 1.807) is 24.2 Å². The number of carbonyl (C=O) groups is 1. The van der Waals surface area contributed by atoms with Gasteiger partial charge in [0.25, 0.3) is 5.91 Å². The molecular weight excluding hydrogens is 214 g/mol. The van der Waals surface area contributed by atoms with Gasteiger partial charge in [-0.15, -0.1) is 0 Å². The molecule has 0 saturated carbocycles. The maximum Gasteiger partial charge on any atom is 0.272 e. The Hall–Kier alpha value is -1.58. The van der Waals surface area contributed by atoms with Crippen LogP contribution in [0, 0.1) is 5.41 Å². The number of carbonyl (C=O) groups excluding carboxylic acids is 1. The van der Waals surface area contributed by atoms with Gasteiger partial charge >= 0.3 is 0 Å². The average molecular weight is 235 g/mol. The number of anilines is 1. The molecule has 0 aliphatic rings. The SMILES string of the molecule is CNc1ccnc(C(=O)N(C)CC(C)(C)C)c1. The molecule has 1 N–H and O–H groups in total. The number of nitrogens with one attached hydrogen (secondary N) is 1. The molecule has 0 bridgehead atoms. The minimum Gasteiger partial charge on any atom is -0.388 e. The van der Waals surface area contributed by atoms with Crippen LogP contribution in [-0.4, -0.2) is 36.4 Å². The normalized spacial score (nSPS) is 11.1. The summed E-state index contributed by atoms with van der Waals surface area (Å²) >= 11 is 0. The highest BCUT2D eigenvalue weighted by atomic mass is 16.2. The van der Waals surface area contributed by atoms with Crippen molar-refractivity contribution >= 4 is 11.6 Å². The third-order valence-electron chi connectivity index (χ3n) is 2.33. The molecule has 4 nitrogen and oxygen atoms in total. The van der Waals surface area contributed by atoms with Gasteiger partial charge in [0.05, 0.1) is 0 Å². The van der Waals surface area contributed by atoms with E-state index < -0.39 is 0 Å². The van der Waals surface area contributed by atoms with Crippen molar-refractivity contribution in [1.82, 2.24) is 9.88 Å². The summed E-state index contributed by atoms with van der Waals surface area (Å²) in [7, 11) is 3.63. The van der Waals surface area contributed by atoms with Crippen LogP contribution in [0.2, 0.25) is 0 Å². The molecule has 1 rings (SSSR count). The molecule has 0 aliphatic carbocycles. The van der Waals surface area contributed by atoms with Crippen molar-refractivity contribution in [2.24, 2.45) is 5.41 Å². The predicted molar refractivity (Wildman–Crippen MR) is 70.2 cm³/mol. The molecule has 1 heterocycles. The Morgan fingerprint density at radius 2 is 2.12 bits per heavy atom. The summed E-state index contributed by atoms with van der Waals surface area (Å²) in [6, 6.07) is 3.60. The van der Waals surface area contributed by atoms with Crippen LogP contribution in [0.3, 0.4) is 0 Å². The lowest BCUT2D eigenvalue weighted by Crippen LogP contribution is -2.34. The highest BCUT2D eigenvalue weighted by Gasteiger charge is 2.19. The fraction of sp³-hybridized carbons (Fsp3) is 0.538. The first kappa shape index (κ1) is 13.5. The van der Waals surface area contributed by atoms with Crippen LogP contribution in [0.15, 0.2) is 18.3 Å². The molecule has 0 spiro atoms. The quantitative estimate of drug-likeness (QED) is 0.874. The lowest BCUT2D eigenvalue weighted by molar-refractivity contribution is 0.0740. The molecule has 17 heavy (non-hydrogen) atoms. The van der Waals surface area contributed by atoms with Crippen molar-refractivity contribution in [3.05, 3.63) is 24.0 Å². The summed E-state index contributed by atoms with van der Waals surface area (Å²) in [6.45, 7) is 7.02. The van der Waals surface area contributed by atoms with E-state index in [9.17, 15) is 4.79 Å². The van der Waals surface area contributed by atoms with Gasteiger partial charge in [0.1, 0.15) is 5.69 Å². The predicted octanol–water partition coefficient (Wildman–Crippen LogP) is 2.24. The van der Waals surface area contributed by atoms with Gasteiger partial charge in [-0.05, 0) is 17.5 Å². The number of pyridine rings is 1. The van der Waals surface area contributed by atoms with E-state index in [-0.39, 0.29) is 11.3 Å². The van der Waals surface area contributed by atoms with Gasteiger partial charge in [-0.25, -0.2) is 0 Å². The molecule has 0 fully saturated rings. The van der Waals surface area contributed by atoms with E-state index in [4.69, 9.17) is 0 Å². The summed E-state index contributed by atoms with van der Waals surface area (Å²) in [5.41, 5.74) is 1.46. The maximum atomic E-state index is 12.1. The Morgan fingerprint density at radius 3 is 2.65 bits per heavy atom. The van der Waals surface area contributed by atoms with E-state index in [0.717, 1.165) is 5.69 Å². The third-order valence-corrected chi connectivity index (χ3v) is 2.33. The molecule has 1 amide bonds. The van der Waals surface area contributed by atoms with Gasteiger partial charge in [0.2, 0.25) is 0 Å². The average Bonchev–Trinajstić information content (AvgIpc) is 2.26. The highest BCUT2D eigenvalue weighted by Crippen LogP contribution is 2.16. The lowest BCUT2D eigenvalue weighted by Gasteiger charge is -2.26. The molecule has 0 radical (unpaired) electrons. The molecule has 0 atom stereocenters. The van der Waals surface area contributed by atoms with Crippen molar-refractivity contribution in [1.29, 1.82) is 0 Å². The summed E-state index contributed by atoms with van der Waals surface area (Å²) < 4.78 is 0. The van der Waals surface area contributed by atoms with Crippen LogP contribution in [-0.2, 0) is 0 Å². The van der Waals surface area contributed by atoms with Crippen LogP contribution in [0.25, 0.3) is 0 Å². The summed E-state index contributed by atoms with van der Waals surface area (Å²) in [6.07, 6.45) is 1.64. The number of nitrogens with zero attached hydrogens (tertiary/aromatic N) is 2. The van der Waals surface area contributed by atoms with E-state index in [1.165, 1.54) is 0 Å². The smallest absolute Gasteiger partial charge is 0.272 e. The first-order valence-electron chi connectivity index (χ1n) is 5.73. The Labute approximate surface area is 103 Å². The van der Waals surface area contributed by atoms with Gasteiger partial charge in [-0.2, -0.15) is 0 Å². The summed E-state index contributed by atoms with van der Waals surface area (Å²) in [5, 5.41) is 3.00. The van der Waals surface area contributed by atoms with Crippen molar-refractivity contribution < 1.29 is 4.79 Å². The second-order valence-electron chi connectivity index (χ2n) is 5.40. The molecule has 0 aliphatic heterocycles. The van der Waals surface area contributed by atoms with Gasteiger partial charge in [-0.1, -0.05) is 20.8 Å². The van der Waals surface area contributed by atoms with Gasteiger partial charge < -0.3 is 10.2 Å². The molecule has 94 valence electrons. The molecular formula is C13H21N3O. The Balaban J connectivity index is 2.81. The van der Waals surface area contributed by atoms with Gasteiger partial charge in [0.15, 0.2) is 0 Å². The van der Waals surface area contributed by atoms with Gasteiger partial charge in [0, 0.05) is 32.5 Å². The van der Waals surface area contributed by atoms with Crippen LogP contribution < -0.4 is 5.32 Å². The van der Waals surface area contributed by atoms with Crippen molar-refractivity contribution in [2.75, 3.05) is 26.0 Å². The Bertz CT molecular complexity index is 396. The Kier molecular flexibility index (Phi) is 4.10. The van der Waals surface area contributed by atoms with E-state index in [0.29, 0.717) is 12.2 Å². The first-order chi connectivity index (χ1) is 7.83. The fourth-order valence-electron chi connectivity index (χ4n) is 1.68. The second kappa shape index (κ2) is 5.17. The number of aromatic nitrogens is 1. The summed E-state index contributed by atoms with van der Waals surface area (Å²) in [4.78, 5) is 17.9. The van der Waals surface area contributed by atoms with Crippen molar-refractivity contribution in [3.63, 3.8) is 0 Å². The topological polar surface area (TPSA) is 45.2 Å². The van der Waals surface area contributed by atoms with Crippen LogP contribution in [0.5, 0.6) is 0 Å². The first-order valence-corrected chi connectivity index (χ1v) is 5.73. The Morgan fingerprint density at radius 1 is 1.47 bits per heavy atom. The zero-order valence-corrected chi connectivity index (χ0v) is 11.2. The van der Waals surface area contributed by atoms with Crippen LogP contribution >= 0.6 is 0 Å². The molecule has 1 aromatic heterocycles. The van der Waals surface area contributed by atoms with E-state index in [2.05, 4.69) is 31.1 Å². The molecule has 0 aromatic carbocycles. The minimum absolute atomic E-state index is 0.0444. The fourth-order valence-corrected chi connectivity index (χ4v) is 1.68. The van der Waals surface area contributed by atoms with E-state index >= 15 is 0 Å². The number of rotatable bonds is 3.